The minimum absolute atomic E-state index is 0. The molecule has 0 aliphatic rings. The Morgan fingerprint density at radius 3 is 2.62 bits per heavy atom. The van der Waals surface area contributed by atoms with Crippen LogP contribution in [0.3, 0.4) is 0 Å². The van der Waals surface area contributed by atoms with Crippen LogP contribution in [-0.4, -0.2) is 33.6 Å². The van der Waals surface area contributed by atoms with Crippen molar-refractivity contribution in [2.75, 3.05) is 32.6 Å². The van der Waals surface area contributed by atoms with Crippen LogP contribution in [0.5, 0.6) is 0 Å². The molecule has 0 amide bonds. The van der Waals surface area contributed by atoms with Crippen molar-refractivity contribution in [3.63, 3.8) is 0 Å². The summed E-state index contributed by atoms with van der Waals surface area (Å²) in [6, 6.07) is 12.8. The third kappa shape index (κ3) is 6.32. The molecular formula is C18H27IN4S. The molecule has 2 N–H and O–H groups in total. The number of nitrogens with zero attached hydrogens (tertiary/aromatic N) is 2. The fourth-order valence-corrected chi connectivity index (χ4v) is 3.06. The minimum Gasteiger partial charge on any atom is -0.378 e. The molecule has 0 spiro atoms. The molecule has 24 heavy (non-hydrogen) atoms. The lowest BCUT2D eigenvalue weighted by molar-refractivity contribution is 0.708. The van der Waals surface area contributed by atoms with Crippen molar-refractivity contribution in [2.24, 2.45) is 4.99 Å². The van der Waals surface area contributed by atoms with Gasteiger partial charge in [-0.3, -0.25) is 4.99 Å². The zero-order valence-corrected chi connectivity index (χ0v) is 17.9. The van der Waals surface area contributed by atoms with Gasteiger partial charge in [-0.05, 0) is 29.1 Å². The molecule has 1 heterocycles. The minimum atomic E-state index is 0. The number of aliphatic imine (C=N–C) groups is 1. The molecule has 1 aromatic carbocycles. The van der Waals surface area contributed by atoms with E-state index in [-0.39, 0.29) is 24.0 Å². The number of thiophene rings is 1. The van der Waals surface area contributed by atoms with Crippen LogP contribution >= 0.6 is 35.3 Å². The first kappa shape index (κ1) is 20.8. The Hall–Kier alpha value is -1.28. The zero-order valence-electron chi connectivity index (χ0n) is 14.7. The Morgan fingerprint density at radius 1 is 1.21 bits per heavy atom. The van der Waals surface area contributed by atoms with E-state index >= 15 is 0 Å². The van der Waals surface area contributed by atoms with Gasteiger partial charge < -0.3 is 15.5 Å². The SMILES string of the molecule is CN=C(NCc1cccc(N(C)C)c1)NCC(C)c1cccs1.I. The summed E-state index contributed by atoms with van der Waals surface area (Å²) in [5, 5.41) is 8.90. The summed E-state index contributed by atoms with van der Waals surface area (Å²) in [5.74, 6) is 1.31. The molecular weight excluding hydrogens is 431 g/mol. The van der Waals surface area contributed by atoms with Gasteiger partial charge in [0.15, 0.2) is 5.96 Å². The molecule has 2 rings (SSSR count). The van der Waals surface area contributed by atoms with Crippen LogP contribution in [0, 0.1) is 0 Å². The van der Waals surface area contributed by atoms with E-state index in [1.54, 1.807) is 18.4 Å². The standard InChI is InChI=1S/C18H26N4S.HI/c1-14(17-9-6-10-23-17)12-20-18(19-2)21-13-15-7-5-8-16(11-15)22(3)4;/h5-11,14H,12-13H2,1-4H3,(H2,19,20,21);1H. The molecule has 6 heteroatoms. The van der Waals surface area contributed by atoms with Gasteiger partial charge in [0.05, 0.1) is 0 Å². The number of hydrogen-bond acceptors (Lipinski definition) is 3. The van der Waals surface area contributed by atoms with Crippen LogP contribution in [0.2, 0.25) is 0 Å². The third-order valence-electron chi connectivity index (χ3n) is 3.72. The van der Waals surface area contributed by atoms with Crippen LogP contribution < -0.4 is 15.5 Å². The van der Waals surface area contributed by atoms with E-state index in [0.717, 1.165) is 19.0 Å². The summed E-state index contributed by atoms with van der Waals surface area (Å²) in [6.45, 7) is 3.86. The average Bonchev–Trinajstić information content (AvgIpc) is 3.09. The van der Waals surface area contributed by atoms with Crippen molar-refractivity contribution in [2.45, 2.75) is 19.4 Å². The van der Waals surface area contributed by atoms with Crippen LogP contribution in [-0.2, 0) is 6.54 Å². The molecule has 1 unspecified atom stereocenters. The van der Waals surface area contributed by atoms with Crippen molar-refractivity contribution < 1.29 is 0 Å². The normalized spacial score (nSPS) is 12.2. The quantitative estimate of drug-likeness (QED) is 0.392. The fourth-order valence-electron chi connectivity index (χ4n) is 2.27. The number of hydrogen-bond donors (Lipinski definition) is 2. The molecule has 132 valence electrons. The van der Waals surface area contributed by atoms with E-state index < -0.39 is 0 Å². The van der Waals surface area contributed by atoms with Gasteiger partial charge >= 0.3 is 0 Å². The Bertz CT molecular complexity index is 626. The second-order valence-electron chi connectivity index (χ2n) is 5.79. The lowest BCUT2D eigenvalue weighted by Gasteiger charge is -2.16. The Balaban J connectivity index is 0.00000288. The monoisotopic (exact) mass is 458 g/mol. The predicted octanol–water partition coefficient (Wildman–Crippen LogP) is 3.90. The van der Waals surface area contributed by atoms with Gasteiger partial charge in [0.2, 0.25) is 0 Å². The van der Waals surface area contributed by atoms with Crippen molar-refractivity contribution in [3.8, 4) is 0 Å². The first-order valence-electron chi connectivity index (χ1n) is 7.84. The van der Waals surface area contributed by atoms with E-state index in [2.05, 4.69) is 83.3 Å². The second kappa shape index (κ2) is 10.6. The van der Waals surface area contributed by atoms with E-state index in [9.17, 15) is 0 Å². The topological polar surface area (TPSA) is 39.7 Å². The molecule has 0 fully saturated rings. The molecule has 4 nitrogen and oxygen atoms in total. The van der Waals surface area contributed by atoms with E-state index in [4.69, 9.17) is 0 Å². The number of nitrogens with one attached hydrogen (secondary N) is 2. The smallest absolute Gasteiger partial charge is 0.191 e. The highest BCUT2D eigenvalue weighted by Gasteiger charge is 2.07. The molecule has 0 bridgehead atoms. The summed E-state index contributed by atoms with van der Waals surface area (Å²) >= 11 is 1.80. The fraction of sp³-hybridized carbons (Fsp3) is 0.389. The van der Waals surface area contributed by atoms with E-state index in [0.29, 0.717) is 5.92 Å². The van der Waals surface area contributed by atoms with Gasteiger partial charge in [0.1, 0.15) is 0 Å². The van der Waals surface area contributed by atoms with Crippen LogP contribution in [0.1, 0.15) is 23.3 Å². The highest BCUT2D eigenvalue weighted by Crippen LogP contribution is 2.19. The summed E-state index contributed by atoms with van der Waals surface area (Å²) in [5.41, 5.74) is 2.45. The molecule has 1 aromatic heterocycles. The summed E-state index contributed by atoms with van der Waals surface area (Å²) in [4.78, 5) is 7.81. The molecule has 0 aliphatic heterocycles. The van der Waals surface area contributed by atoms with Gasteiger partial charge in [0, 0.05) is 50.7 Å². The highest BCUT2D eigenvalue weighted by atomic mass is 127. The maximum atomic E-state index is 4.30. The Morgan fingerprint density at radius 2 is 2.00 bits per heavy atom. The zero-order chi connectivity index (χ0) is 16.7. The first-order chi connectivity index (χ1) is 11.1. The van der Waals surface area contributed by atoms with Crippen molar-refractivity contribution in [1.82, 2.24) is 10.6 Å². The van der Waals surface area contributed by atoms with E-state index in [1.165, 1.54) is 16.1 Å². The molecule has 2 aromatic rings. The second-order valence-corrected chi connectivity index (χ2v) is 6.77. The number of guanidine groups is 1. The van der Waals surface area contributed by atoms with Crippen LogP contribution in [0.4, 0.5) is 5.69 Å². The third-order valence-corrected chi connectivity index (χ3v) is 4.82. The van der Waals surface area contributed by atoms with Gasteiger partial charge in [-0.2, -0.15) is 0 Å². The molecule has 0 aliphatic carbocycles. The van der Waals surface area contributed by atoms with Gasteiger partial charge in [-0.1, -0.05) is 25.1 Å². The van der Waals surface area contributed by atoms with Crippen LogP contribution in [0.15, 0.2) is 46.8 Å². The largest absolute Gasteiger partial charge is 0.378 e. The van der Waals surface area contributed by atoms with E-state index in [1.807, 2.05) is 0 Å². The average molecular weight is 458 g/mol. The number of halogens is 1. The maximum absolute atomic E-state index is 4.30. The molecule has 0 radical (unpaired) electrons. The molecule has 1 atom stereocenters. The molecule has 0 saturated heterocycles. The van der Waals surface area contributed by atoms with Crippen molar-refractivity contribution >= 4 is 47.0 Å². The van der Waals surface area contributed by atoms with Crippen molar-refractivity contribution in [1.29, 1.82) is 0 Å². The summed E-state index contributed by atoms with van der Waals surface area (Å²) in [6.07, 6.45) is 0. The lowest BCUT2D eigenvalue weighted by atomic mass is 10.1. The lowest BCUT2D eigenvalue weighted by Crippen LogP contribution is -2.38. The van der Waals surface area contributed by atoms with Gasteiger partial charge in [-0.25, -0.2) is 0 Å². The highest BCUT2D eigenvalue weighted by molar-refractivity contribution is 14.0. The Labute approximate surface area is 166 Å². The predicted molar refractivity (Wildman–Crippen MR) is 117 cm³/mol. The van der Waals surface area contributed by atoms with Gasteiger partial charge in [0.25, 0.3) is 0 Å². The molecule has 0 saturated carbocycles. The number of anilines is 1. The van der Waals surface area contributed by atoms with Gasteiger partial charge in [-0.15, -0.1) is 35.3 Å². The van der Waals surface area contributed by atoms with Crippen LogP contribution in [0.25, 0.3) is 0 Å². The Kier molecular flexibility index (Phi) is 9.13. The summed E-state index contributed by atoms with van der Waals surface area (Å²) in [7, 11) is 5.92. The number of benzene rings is 1. The first-order valence-corrected chi connectivity index (χ1v) is 8.72. The maximum Gasteiger partial charge on any atom is 0.191 e. The number of rotatable bonds is 6. The summed E-state index contributed by atoms with van der Waals surface area (Å²) < 4.78 is 0. The van der Waals surface area contributed by atoms with Crippen molar-refractivity contribution in [3.05, 3.63) is 52.2 Å².